The van der Waals surface area contributed by atoms with Crippen LogP contribution in [0.4, 0.5) is 0 Å². The molecule has 2 amide bonds. The first-order valence-electron chi connectivity index (χ1n) is 7.64. The van der Waals surface area contributed by atoms with Gasteiger partial charge in [-0.1, -0.05) is 0 Å². The van der Waals surface area contributed by atoms with Crippen molar-refractivity contribution in [3.8, 4) is 0 Å². The summed E-state index contributed by atoms with van der Waals surface area (Å²) in [7, 11) is 5.16. The van der Waals surface area contributed by atoms with Gasteiger partial charge in [0.25, 0.3) is 0 Å². The second-order valence-electron chi connectivity index (χ2n) is 6.01. The van der Waals surface area contributed by atoms with E-state index in [9.17, 15) is 9.59 Å². The molecule has 8 nitrogen and oxygen atoms in total. The van der Waals surface area contributed by atoms with Crippen LogP contribution in [0.25, 0.3) is 0 Å². The standard InChI is InChI=1S/C15H25N5O3/c1-11-7-16-13(17-11)9-19(3)15(22)12-8-18(2)5-6-20(12)14(21)10-23-4/h7,12H,5-6,8-10H2,1-4H3,(H,16,17)/t12-/m0/s1. The number of ether oxygens (including phenoxy) is 1. The van der Waals surface area contributed by atoms with Crippen molar-refractivity contribution in [1.29, 1.82) is 0 Å². The number of rotatable bonds is 5. The first-order chi connectivity index (χ1) is 10.9. The largest absolute Gasteiger partial charge is 0.375 e. The number of aryl methyl sites for hydroxylation is 1. The first kappa shape index (κ1) is 17.4. The van der Waals surface area contributed by atoms with E-state index in [4.69, 9.17) is 4.74 Å². The van der Waals surface area contributed by atoms with Crippen LogP contribution in [0.3, 0.4) is 0 Å². The van der Waals surface area contributed by atoms with Crippen molar-refractivity contribution in [2.45, 2.75) is 19.5 Å². The number of hydrogen-bond donors (Lipinski definition) is 1. The van der Waals surface area contributed by atoms with Gasteiger partial charge in [0.2, 0.25) is 11.8 Å². The Morgan fingerprint density at radius 1 is 1.48 bits per heavy atom. The minimum absolute atomic E-state index is 0.00537. The number of aromatic amines is 1. The van der Waals surface area contributed by atoms with E-state index >= 15 is 0 Å². The lowest BCUT2D eigenvalue weighted by Gasteiger charge is -2.40. The molecule has 0 saturated carbocycles. The molecule has 0 aliphatic carbocycles. The molecular weight excluding hydrogens is 298 g/mol. The highest BCUT2D eigenvalue weighted by Crippen LogP contribution is 2.13. The molecule has 1 aliphatic heterocycles. The predicted octanol–water partition coefficient (Wildman–Crippen LogP) is -0.534. The van der Waals surface area contributed by atoms with Gasteiger partial charge >= 0.3 is 0 Å². The highest BCUT2D eigenvalue weighted by atomic mass is 16.5. The highest BCUT2D eigenvalue weighted by Gasteiger charge is 2.35. The molecule has 8 heteroatoms. The van der Waals surface area contributed by atoms with Crippen molar-refractivity contribution in [3.63, 3.8) is 0 Å². The minimum atomic E-state index is -0.488. The third kappa shape index (κ3) is 4.29. The summed E-state index contributed by atoms with van der Waals surface area (Å²) in [4.78, 5) is 37.6. The molecule has 0 unspecified atom stereocenters. The zero-order valence-corrected chi connectivity index (χ0v) is 14.2. The summed E-state index contributed by atoms with van der Waals surface area (Å²) in [5.74, 6) is 0.494. The molecule has 1 fully saturated rings. The van der Waals surface area contributed by atoms with Crippen molar-refractivity contribution in [3.05, 3.63) is 17.7 Å². The Morgan fingerprint density at radius 3 is 2.83 bits per heavy atom. The van der Waals surface area contributed by atoms with E-state index < -0.39 is 6.04 Å². The molecule has 1 aromatic heterocycles. The van der Waals surface area contributed by atoms with E-state index in [1.807, 2.05) is 14.0 Å². The van der Waals surface area contributed by atoms with E-state index in [0.717, 1.165) is 18.1 Å². The maximum Gasteiger partial charge on any atom is 0.249 e. The van der Waals surface area contributed by atoms with Gasteiger partial charge in [0.05, 0.1) is 6.54 Å². The van der Waals surface area contributed by atoms with Gasteiger partial charge < -0.3 is 24.4 Å². The Balaban J connectivity index is 2.07. The molecule has 2 rings (SSSR count). The number of nitrogens with one attached hydrogen (secondary N) is 1. The number of piperazine rings is 1. The number of carbonyl (C=O) groups is 2. The minimum Gasteiger partial charge on any atom is -0.375 e. The second-order valence-corrected chi connectivity index (χ2v) is 6.01. The van der Waals surface area contributed by atoms with Crippen LogP contribution >= 0.6 is 0 Å². The van der Waals surface area contributed by atoms with Crippen LogP contribution in [0, 0.1) is 6.92 Å². The van der Waals surface area contributed by atoms with E-state index in [-0.39, 0.29) is 18.4 Å². The molecule has 0 radical (unpaired) electrons. The summed E-state index contributed by atoms with van der Waals surface area (Å²) >= 11 is 0. The quantitative estimate of drug-likeness (QED) is 0.787. The molecule has 1 N–H and O–H groups in total. The zero-order chi connectivity index (χ0) is 17.0. The average molecular weight is 323 g/mol. The van der Waals surface area contributed by atoms with E-state index in [0.29, 0.717) is 19.6 Å². The number of methoxy groups -OCH3 is 1. The summed E-state index contributed by atoms with van der Waals surface area (Å²) in [6.07, 6.45) is 1.73. The molecule has 1 saturated heterocycles. The second kappa shape index (κ2) is 7.56. The van der Waals surface area contributed by atoms with E-state index in [2.05, 4.69) is 14.9 Å². The fourth-order valence-corrected chi connectivity index (χ4v) is 2.74. The Bertz CT molecular complexity index is 559. The van der Waals surface area contributed by atoms with Gasteiger partial charge in [0.15, 0.2) is 0 Å². The molecule has 23 heavy (non-hydrogen) atoms. The maximum absolute atomic E-state index is 12.8. The smallest absolute Gasteiger partial charge is 0.249 e. The Hall–Kier alpha value is -1.93. The van der Waals surface area contributed by atoms with Crippen LogP contribution < -0.4 is 0 Å². The lowest BCUT2D eigenvalue weighted by atomic mass is 10.1. The number of amides is 2. The molecule has 1 atom stereocenters. The molecule has 0 aromatic carbocycles. The molecule has 1 aromatic rings. The molecule has 0 spiro atoms. The summed E-state index contributed by atoms with van der Waals surface area (Å²) in [5.41, 5.74) is 0.954. The fourth-order valence-electron chi connectivity index (χ4n) is 2.74. The van der Waals surface area contributed by atoms with Gasteiger partial charge in [-0.25, -0.2) is 4.98 Å². The third-order valence-electron chi connectivity index (χ3n) is 3.98. The van der Waals surface area contributed by atoms with E-state index in [1.54, 1.807) is 23.0 Å². The number of likely N-dealkylation sites (N-methyl/N-ethyl adjacent to an activating group) is 2. The van der Waals surface area contributed by atoms with Crippen LogP contribution in [-0.2, 0) is 20.9 Å². The van der Waals surface area contributed by atoms with Crippen molar-refractivity contribution >= 4 is 11.8 Å². The molecule has 0 bridgehead atoms. The average Bonchev–Trinajstić information content (AvgIpc) is 2.91. The topological polar surface area (TPSA) is 81.8 Å². The SMILES string of the molecule is COCC(=O)N1CCN(C)C[C@H]1C(=O)N(C)Cc1ncc(C)[nH]1. The molecule has 1 aliphatic rings. The van der Waals surface area contributed by atoms with Gasteiger partial charge in [-0.05, 0) is 14.0 Å². The first-order valence-corrected chi connectivity index (χ1v) is 7.64. The van der Waals surface area contributed by atoms with Crippen LogP contribution in [0.1, 0.15) is 11.5 Å². The fraction of sp³-hybridized carbons (Fsp3) is 0.667. The van der Waals surface area contributed by atoms with Gasteiger partial charge in [0.1, 0.15) is 18.5 Å². The summed E-state index contributed by atoms with van der Waals surface area (Å²) in [5, 5.41) is 0. The van der Waals surface area contributed by atoms with Crippen molar-refractivity contribution in [1.82, 2.24) is 24.7 Å². The number of hydrogen-bond acceptors (Lipinski definition) is 5. The summed E-state index contributed by atoms with van der Waals surface area (Å²) in [6, 6.07) is -0.488. The maximum atomic E-state index is 12.8. The summed E-state index contributed by atoms with van der Waals surface area (Å²) in [6.45, 7) is 4.10. The Labute approximate surface area is 136 Å². The highest BCUT2D eigenvalue weighted by molar-refractivity contribution is 5.88. The normalized spacial score (nSPS) is 19.0. The number of nitrogens with zero attached hydrogens (tertiary/aromatic N) is 4. The van der Waals surface area contributed by atoms with Crippen LogP contribution in [-0.4, -0.2) is 90.0 Å². The molecule has 128 valence electrons. The number of aromatic nitrogens is 2. The van der Waals surface area contributed by atoms with Gasteiger partial charge in [0, 0.05) is 45.7 Å². The lowest BCUT2D eigenvalue weighted by Crippen LogP contribution is -2.60. The van der Waals surface area contributed by atoms with E-state index in [1.165, 1.54) is 7.11 Å². The molecule has 2 heterocycles. The van der Waals surface area contributed by atoms with Gasteiger partial charge in [-0.3, -0.25) is 9.59 Å². The number of imidazole rings is 1. The Kier molecular flexibility index (Phi) is 5.73. The zero-order valence-electron chi connectivity index (χ0n) is 14.2. The third-order valence-corrected chi connectivity index (χ3v) is 3.98. The van der Waals surface area contributed by atoms with Gasteiger partial charge in [-0.15, -0.1) is 0 Å². The molecular formula is C15H25N5O3. The van der Waals surface area contributed by atoms with Crippen molar-refractivity contribution in [2.75, 3.05) is 47.4 Å². The summed E-state index contributed by atoms with van der Waals surface area (Å²) < 4.78 is 4.93. The predicted molar refractivity (Wildman–Crippen MR) is 84.7 cm³/mol. The van der Waals surface area contributed by atoms with Crippen LogP contribution in [0.2, 0.25) is 0 Å². The Morgan fingerprint density at radius 2 is 2.22 bits per heavy atom. The number of carbonyl (C=O) groups excluding carboxylic acids is 2. The lowest BCUT2D eigenvalue weighted by molar-refractivity contribution is -0.150. The number of H-pyrrole nitrogens is 1. The monoisotopic (exact) mass is 323 g/mol. The van der Waals surface area contributed by atoms with Crippen LogP contribution in [0.15, 0.2) is 6.20 Å². The van der Waals surface area contributed by atoms with Crippen molar-refractivity contribution < 1.29 is 14.3 Å². The van der Waals surface area contributed by atoms with Crippen molar-refractivity contribution in [2.24, 2.45) is 0 Å². The van der Waals surface area contributed by atoms with Crippen LogP contribution in [0.5, 0.6) is 0 Å². The van der Waals surface area contributed by atoms with Gasteiger partial charge in [-0.2, -0.15) is 0 Å².